The van der Waals surface area contributed by atoms with E-state index in [2.05, 4.69) is 26.1 Å². The molecule has 2 aliphatic rings. The molecule has 4 rings (SSSR count). The zero-order chi connectivity index (χ0) is 25.3. The van der Waals surface area contributed by atoms with E-state index in [0.717, 1.165) is 37.1 Å². The summed E-state index contributed by atoms with van der Waals surface area (Å²) in [7, 11) is 0. The Balaban J connectivity index is 0.00000361. The third kappa shape index (κ3) is 5.83. The predicted octanol–water partition coefficient (Wildman–Crippen LogP) is 3.83. The molecule has 0 spiro atoms. The van der Waals surface area contributed by atoms with E-state index in [1.807, 2.05) is 4.68 Å². The van der Waals surface area contributed by atoms with Gasteiger partial charge in [-0.25, -0.2) is 9.07 Å². The zero-order valence-corrected chi connectivity index (χ0v) is 22.0. The highest BCUT2D eigenvalue weighted by Gasteiger charge is 2.32. The van der Waals surface area contributed by atoms with Gasteiger partial charge in [-0.15, -0.1) is 12.4 Å². The average Bonchev–Trinajstić information content (AvgIpc) is 3.16. The summed E-state index contributed by atoms with van der Waals surface area (Å²) in [5, 5.41) is 8.18. The Morgan fingerprint density at radius 1 is 1.25 bits per heavy atom. The van der Waals surface area contributed by atoms with Crippen molar-refractivity contribution in [3.05, 3.63) is 40.5 Å². The fourth-order valence-electron chi connectivity index (χ4n) is 5.37. The molecule has 198 valence electrons. The third-order valence-electron chi connectivity index (χ3n) is 7.27. The first-order valence-corrected chi connectivity index (χ1v) is 12.5. The number of nitrogens with two attached hydrogens (primary N) is 2. The molecule has 2 aromatic rings. The number of primary amides is 1. The minimum Gasteiger partial charge on any atom is -0.461 e. The Labute approximate surface area is 217 Å². The number of carbonyl (C=O) groups excluding carboxylic acids is 2. The van der Waals surface area contributed by atoms with Crippen LogP contribution in [0.1, 0.15) is 80.2 Å². The Kier molecular flexibility index (Phi) is 8.67. The zero-order valence-electron chi connectivity index (χ0n) is 21.2. The number of benzene rings is 1. The van der Waals surface area contributed by atoms with Crippen molar-refractivity contribution < 1.29 is 18.7 Å². The number of amides is 1. The SMILES string of the molecule is CCc1nn(-c2cc(F)c(C(N)=O)c(NC3CCC(OC(=O)CN)CC3)c2)c2c1CCC(C)(C)C2.Cl. The van der Waals surface area contributed by atoms with Crippen LogP contribution in [0.3, 0.4) is 0 Å². The summed E-state index contributed by atoms with van der Waals surface area (Å²) in [5.74, 6) is -1.90. The minimum atomic E-state index is -0.819. The Bertz CT molecular complexity index is 1130. The van der Waals surface area contributed by atoms with Crippen LogP contribution in [-0.2, 0) is 28.8 Å². The number of carbonyl (C=O) groups is 2. The lowest BCUT2D eigenvalue weighted by atomic mass is 9.76. The van der Waals surface area contributed by atoms with Gasteiger partial charge in [-0.05, 0) is 68.4 Å². The molecule has 1 fully saturated rings. The van der Waals surface area contributed by atoms with Crippen LogP contribution in [0.15, 0.2) is 12.1 Å². The van der Waals surface area contributed by atoms with Gasteiger partial charge in [0.2, 0.25) is 0 Å². The molecule has 0 saturated heterocycles. The number of esters is 1. The molecule has 5 N–H and O–H groups in total. The predicted molar refractivity (Wildman–Crippen MR) is 139 cm³/mol. The van der Waals surface area contributed by atoms with E-state index in [0.29, 0.717) is 37.1 Å². The lowest BCUT2D eigenvalue weighted by Crippen LogP contribution is -2.33. The van der Waals surface area contributed by atoms with Gasteiger partial charge < -0.3 is 21.5 Å². The van der Waals surface area contributed by atoms with Crippen LogP contribution >= 0.6 is 12.4 Å². The van der Waals surface area contributed by atoms with Crippen LogP contribution in [0.5, 0.6) is 0 Å². The van der Waals surface area contributed by atoms with E-state index in [4.69, 9.17) is 21.3 Å². The van der Waals surface area contributed by atoms with Crippen LogP contribution in [0, 0.1) is 11.2 Å². The van der Waals surface area contributed by atoms with Gasteiger partial charge in [0.05, 0.1) is 29.2 Å². The second kappa shape index (κ2) is 11.2. The van der Waals surface area contributed by atoms with Crippen molar-refractivity contribution in [2.75, 3.05) is 11.9 Å². The number of anilines is 1. The molecule has 1 aromatic carbocycles. The van der Waals surface area contributed by atoms with Crippen molar-refractivity contribution in [1.29, 1.82) is 0 Å². The van der Waals surface area contributed by atoms with Gasteiger partial charge in [0.15, 0.2) is 0 Å². The normalized spacial score (nSPS) is 20.7. The molecule has 1 aromatic heterocycles. The van der Waals surface area contributed by atoms with Crippen LogP contribution in [0.25, 0.3) is 5.69 Å². The minimum absolute atomic E-state index is 0. The van der Waals surface area contributed by atoms with Crippen molar-refractivity contribution in [1.82, 2.24) is 9.78 Å². The van der Waals surface area contributed by atoms with Crippen molar-refractivity contribution in [3.8, 4) is 5.69 Å². The second-order valence-electron chi connectivity index (χ2n) is 10.5. The van der Waals surface area contributed by atoms with Crippen LogP contribution in [0.4, 0.5) is 10.1 Å². The summed E-state index contributed by atoms with van der Waals surface area (Å²) in [6.45, 7) is 6.42. The number of ether oxygens (including phenoxy) is 1. The molecular weight excluding hydrogens is 485 g/mol. The van der Waals surface area contributed by atoms with Gasteiger partial charge in [-0.2, -0.15) is 5.10 Å². The molecule has 0 aliphatic heterocycles. The Morgan fingerprint density at radius 2 is 1.94 bits per heavy atom. The molecule has 0 atom stereocenters. The lowest BCUT2D eigenvalue weighted by Gasteiger charge is -2.31. The first kappa shape index (κ1) is 27.9. The maximum absolute atomic E-state index is 15.3. The molecule has 36 heavy (non-hydrogen) atoms. The summed E-state index contributed by atoms with van der Waals surface area (Å²) >= 11 is 0. The van der Waals surface area contributed by atoms with E-state index in [1.165, 1.54) is 11.6 Å². The van der Waals surface area contributed by atoms with E-state index in [-0.39, 0.29) is 42.1 Å². The maximum Gasteiger partial charge on any atom is 0.319 e. The van der Waals surface area contributed by atoms with Gasteiger partial charge in [0.1, 0.15) is 11.9 Å². The topological polar surface area (TPSA) is 125 Å². The summed E-state index contributed by atoms with van der Waals surface area (Å²) in [5.41, 5.74) is 15.2. The molecule has 2 aliphatic carbocycles. The molecule has 0 unspecified atom stereocenters. The number of halogens is 2. The number of nitrogens with one attached hydrogen (secondary N) is 1. The van der Waals surface area contributed by atoms with E-state index in [9.17, 15) is 9.59 Å². The summed E-state index contributed by atoms with van der Waals surface area (Å²) in [6, 6.07) is 3.12. The smallest absolute Gasteiger partial charge is 0.319 e. The number of hydrogen-bond donors (Lipinski definition) is 3. The maximum atomic E-state index is 15.3. The molecule has 10 heteroatoms. The Hall–Kier alpha value is -2.65. The summed E-state index contributed by atoms with van der Waals surface area (Å²) < 4.78 is 22.5. The van der Waals surface area contributed by atoms with Gasteiger partial charge in [-0.1, -0.05) is 20.8 Å². The Morgan fingerprint density at radius 3 is 2.56 bits per heavy atom. The number of hydrogen-bond acceptors (Lipinski definition) is 6. The lowest BCUT2D eigenvalue weighted by molar-refractivity contribution is -0.148. The number of aromatic nitrogens is 2. The summed E-state index contributed by atoms with van der Waals surface area (Å²) in [4.78, 5) is 23.6. The standard InChI is InChI=1S/C26H36FN5O3.ClH/c1-4-20-18-9-10-26(2,3)13-22(18)32(31-20)16-11-19(27)24(25(29)34)21(12-16)30-15-5-7-17(8-6-15)35-23(33)14-28;/h11-12,15,17,30H,4-10,13-14,28H2,1-3H3,(H2,29,34);1H. The van der Waals surface area contributed by atoms with Crippen molar-refractivity contribution in [3.63, 3.8) is 0 Å². The third-order valence-corrected chi connectivity index (χ3v) is 7.27. The number of rotatable bonds is 7. The fourth-order valence-corrected chi connectivity index (χ4v) is 5.37. The quantitative estimate of drug-likeness (QED) is 0.475. The molecule has 0 radical (unpaired) electrons. The van der Waals surface area contributed by atoms with E-state index in [1.54, 1.807) is 6.07 Å². The largest absolute Gasteiger partial charge is 0.461 e. The summed E-state index contributed by atoms with van der Waals surface area (Å²) in [6.07, 6.45) is 6.27. The van der Waals surface area contributed by atoms with Crippen LogP contribution in [-0.4, -0.2) is 40.3 Å². The van der Waals surface area contributed by atoms with Gasteiger partial charge in [-0.3, -0.25) is 9.59 Å². The highest BCUT2D eigenvalue weighted by Crippen LogP contribution is 2.38. The van der Waals surface area contributed by atoms with Gasteiger partial charge in [0.25, 0.3) is 5.91 Å². The number of nitrogens with zero attached hydrogens (tertiary/aromatic N) is 2. The van der Waals surface area contributed by atoms with E-state index < -0.39 is 17.7 Å². The highest BCUT2D eigenvalue weighted by molar-refractivity contribution is 5.99. The van der Waals surface area contributed by atoms with Gasteiger partial charge >= 0.3 is 5.97 Å². The molecule has 1 amide bonds. The monoisotopic (exact) mass is 521 g/mol. The molecule has 8 nitrogen and oxygen atoms in total. The fraction of sp³-hybridized carbons (Fsp3) is 0.577. The molecule has 0 bridgehead atoms. The van der Waals surface area contributed by atoms with Crippen LogP contribution < -0.4 is 16.8 Å². The second-order valence-corrected chi connectivity index (χ2v) is 10.5. The number of fused-ring (bicyclic) bond motifs is 1. The molecule has 1 heterocycles. The first-order valence-electron chi connectivity index (χ1n) is 12.5. The van der Waals surface area contributed by atoms with Crippen LogP contribution in [0.2, 0.25) is 0 Å². The highest BCUT2D eigenvalue weighted by atomic mass is 35.5. The van der Waals surface area contributed by atoms with Gasteiger partial charge in [0, 0.05) is 17.8 Å². The van der Waals surface area contributed by atoms with Crippen molar-refractivity contribution >= 4 is 30.0 Å². The average molecular weight is 522 g/mol. The first-order chi connectivity index (χ1) is 16.6. The van der Waals surface area contributed by atoms with Crippen molar-refractivity contribution in [2.24, 2.45) is 16.9 Å². The number of aryl methyl sites for hydroxylation is 1. The molecule has 1 saturated carbocycles. The molecular formula is C26H37ClFN5O3. The van der Waals surface area contributed by atoms with E-state index >= 15 is 4.39 Å². The van der Waals surface area contributed by atoms with Crippen molar-refractivity contribution in [2.45, 2.75) is 84.3 Å².